The van der Waals surface area contributed by atoms with Gasteiger partial charge >= 0.3 is 0 Å². The third-order valence-electron chi connectivity index (χ3n) is 6.06. The van der Waals surface area contributed by atoms with E-state index in [0.717, 1.165) is 38.4 Å². The van der Waals surface area contributed by atoms with E-state index in [0.29, 0.717) is 45.9 Å². The van der Waals surface area contributed by atoms with Gasteiger partial charge in [-0.3, -0.25) is 4.90 Å². The average Bonchev–Trinajstić information content (AvgIpc) is 2.96. The van der Waals surface area contributed by atoms with Crippen molar-refractivity contribution in [2.24, 2.45) is 0 Å². The SMILES string of the molecule is COc1cc(OC)c(Cl)c(Nc2ncncc2-c2cc(Nc3cc(CN4CCOCC4)ccn3)ncn2)c1Cl. The molecule has 0 saturated carbocycles. The number of rotatable bonds is 9. The molecule has 4 heterocycles. The molecule has 0 bridgehead atoms. The minimum absolute atomic E-state index is 0.279. The van der Waals surface area contributed by atoms with E-state index in [2.05, 4.69) is 40.5 Å². The fourth-order valence-electron chi connectivity index (χ4n) is 4.09. The maximum absolute atomic E-state index is 6.56. The molecular weight excluding hydrogens is 543 g/mol. The second-order valence-corrected chi connectivity index (χ2v) is 9.30. The lowest BCUT2D eigenvalue weighted by Crippen LogP contribution is -2.35. The highest BCUT2D eigenvalue weighted by atomic mass is 35.5. The molecule has 39 heavy (non-hydrogen) atoms. The number of nitrogens with zero attached hydrogens (tertiary/aromatic N) is 6. The molecule has 0 unspecified atom stereocenters. The van der Waals surface area contributed by atoms with Gasteiger partial charge in [-0.15, -0.1) is 0 Å². The van der Waals surface area contributed by atoms with Gasteiger partial charge < -0.3 is 24.8 Å². The lowest BCUT2D eigenvalue weighted by Gasteiger charge is -2.26. The fourth-order valence-corrected chi connectivity index (χ4v) is 4.69. The standard InChI is InChI=1S/C26H26Cl2N8O3/c1-37-19-11-20(38-2)24(28)25(23(19)27)35-26-17(12-29-14-33-26)18-10-22(32-15-31-18)34-21-9-16(3-4-30-21)13-36-5-7-39-8-6-36/h3-4,9-12,14-15H,5-8,13H2,1-2H3,(H,29,33,35)(H,30,31,32,34). The summed E-state index contributed by atoms with van der Waals surface area (Å²) in [6.45, 7) is 4.16. The summed E-state index contributed by atoms with van der Waals surface area (Å²) in [5.41, 5.74) is 2.70. The van der Waals surface area contributed by atoms with E-state index < -0.39 is 0 Å². The second-order valence-electron chi connectivity index (χ2n) is 8.55. The second kappa shape index (κ2) is 12.4. The summed E-state index contributed by atoms with van der Waals surface area (Å²) in [4.78, 5) is 24.2. The summed E-state index contributed by atoms with van der Waals surface area (Å²) in [6.07, 6.45) is 6.29. The molecule has 202 valence electrons. The van der Waals surface area contributed by atoms with Gasteiger partial charge in [-0.05, 0) is 17.7 Å². The number of hydrogen-bond acceptors (Lipinski definition) is 11. The normalized spacial score (nSPS) is 13.6. The van der Waals surface area contributed by atoms with Crippen molar-refractivity contribution >= 4 is 46.3 Å². The summed E-state index contributed by atoms with van der Waals surface area (Å²) in [5.74, 6) is 2.46. The first-order valence-electron chi connectivity index (χ1n) is 12.1. The summed E-state index contributed by atoms with van der Waals surface area (Å²) in [5, 5.41) is 7.02. The molecule has 5 rings (SSSR count). The molecule has 11 nitrogen and oxygen atoms in total. The van der Waals surface area contributed by atoms with Crippen LogP contribution in [-0.4, -0.2) is 70.3 Å². The van der Waals surface area contributed by atoms with Gasteiger partial charge in [0.15, 0.2) is 0 Å². The zero-order valence-electron chi connectivity index (χ0n) is 21.3. The molecule has 0 radical (unpaired) electrons. The molecule has 0 aliphatic carbocycles. The summed E-state index contributed by atoms with van der Waals surface area (Å²) < 4.78 is 16.2. The zero-order chi connectivity index (χ0) is 27.2. The molecule has 0 amide bonds. The maximum Gasteiger partial charge on any atom is 0.143 e. The van der Waals surface area contributed by atoms with Crippen molar-refractivity contribution in [1.82, 2.24) is 29.8 Å². The van der Waals surface area contributed by atoms with Gasteiger partial charge in [0.1, 0.15) is 51.7 Å². The fraction of sp³-hybridized carbons (Fsp3) is 0.269. The molecule has 13 heteroatoms. The van der Waals surface area contributed by atoms with Crippen molar-refractivity contribution in [3.63, 3.8) is 0 Å². The first-order chi connectivity index (χ1) is 19.1. The minimum atomic E-state index is 0.279. The van der Waals surface area contributed by atoms with E-state index in [1.54, 1.807) is 24.5 Å². The Labute approximate surface area is 235 Å². The largest absolute Gasteiger partial charge is 0.495 e. The number of nitrogens with one attached hydrogen (secondary N) is 2. The number of morpholine rings is 1. The predicted octanol–water partition coefficient (Wildman–Crippen LogP) is 4.97. The van der Waals surface area contributed by atoms with Crippen molar-refractivity contribution in [1.29, 1.82) is 0 Å². The summed E-state index contributed by atoms with van der Waals surface area (Å²) >= 11 is 13.1. The van der Waals surface area contributed by atoms with E-state index in [9.17, 15) is 0 Å². The third kappa shape index (κ3) is 6.28. The van der Waals surface area contributed by atoms with Crippen LogP contribution in [0.4, 0.5) is 23.1 Å². The van der Waals surface area contributed by atoms with Crippen LogP contribution in [-0.2, 0) is 11.3 Å². The van der Waals surface area contributed by atoms with Crippen LogP contribution in [0, 0.1) is 0 Å². The van der Waals surface area contributed by atoms with Crippen LogP contribution >= 0.6 is 23.2 Å². The van der Waals surface area contributed by atoms with Crippen LogP contribution in [0.3, 0.4) is 0 Å². The lowest BCUT2D eigenvalue weighted by molar-refractivity contribution is 0.0342. The zero-order valence-corrected chi connectivity index (χ0v) is 22.8. The van der Waals surface area contributed by atoms with Crippen LogP contribution in [0.2, 0.25) is 10.0 Å². The number of ether oxygens (including phenoxy) is 3. The number of benzene rings is 1. The van der Waals surface area contributed by atoms with Gasteiger partial charge in [-0.25, -0.2) is 24.9 Å². The summed E-state index contributed by atoms with van der Waals surface area (Å²) in [6, 6.07) is 7.42. The highest BCUT2D eigenvalue weighted by Gasteiger charge is 2.20. The highest BCUT2D eigenvalue weighted by Crippen LogP contribution is 2.45. The monoisotopic (exact) mass is 568 g/mol. The number of methoxy groups -OCH3 is 2. The Bertz CT molecular complexity index is 1420. The Balaban J connectivity index is 1.40. The van der Waals surface area contributed by atoms with E-state index in [4.69, 9.17) is 37.4 Å². The summed E-state index contributed by atoms with van der Waals surface area (Å²) in [7, 11) is 3.02. The van der Waals surface area contributed by atoms with Crippen LogP contribution in [0.1, 0.15) is 5.56 Å². The first kappa shape index (κ1) is 26.8. The maximum atomic E-state index is 6.56. The van der Waals surface area contributed by atoms with E-state index in [-0.39, 0.29) is 10.0 Å². The number of pyridine rings is 1. The molecular formula is C26H26Cl2N8O3. The van der Waals surface area contributed by atoms with Crippen molar-refractivity contribution in [3.05, 3.63) is 64.9 Å². The smallest absolute Gasteiger partial charge is 0.143 e. The first-order valence-corrected chi connectivity index (χ1v) is 12.8. The molecule has 0 atom stereocenters. The van der Waals surface area contributed by atoms with Gasteiger partial charge in [0.2, 0.25) is 0 Å². The van der Waals surface area contributed by atoms with Crippen LogP contribution in [0.15, 0.2) is 49.3 Å². The van der Waals surface area contributed by atoms with Gasteiger partial charge in [0.05, 0.1) is 44.4 Å². The molecule has 1 aromatic carbocycles. The third-order valence-corrected chi connectivity index (χ3v) is 6.81. The lowest BCUT2D eigenvalue weighted by atomic mass is 10.2. The molecule has 1 saturated heterocycles. The quantitative estimate of drug-likeness (QED) is 0.284. The Morgan fingerprint density at radius 1 is 0.897 bits per heavy atom. The number of halogens is 2. The molecule has 3 aromatic heterocycles. The number of hydrogen-bond donors (Lipinski definition) is 2. The molecule has 1 aliphatic rings. The highest BCUT2D eigenvalue weighted by molar-refractivity contribution is 6.41. The molecule has 4 aromatic rings. The Morgan fingerprint density at radius 3 is 2.38 bits per heavy atom. The Morgan fingerprint density at radius 2 is 1.64 bits per heavy atom. The van der Waals surface area contributed by atoms with E-state index in [1.807, 2.05) is 12.1 Å². The predicted molar refractivity (Wildman–Crippen MR) is 150 cm³/mol. The van der Waals surface area contributed by atoms with Crippen LogP contribution in [0.5, 0.6) is 11.5 Å². The van der Waals surface area contributed by atoms with Crippen molar-refractivity contribution in [2.45, 2.75) is 6.54 Å². The van der Waals surface area contributed by atoms with E-state index in [1.165, 1.54) is 26.9 Å². The van der Waals surface area contributed by atoms with Crippen molar-refractivity contribution in [2.75, 3.05) is 51.2 Å². The molecule has 0 spiro atoms. The molecule has 1 fully saturated rings. The topological polar surface area (TPSA) is 119 Å². The average molecular weight is 569 g/mol. The van der Waals surface area contributed by atoms with Gasteiger partial charge in [0, 0.05) is 44.2 Å². The van der Waals surface area contributed by atoms with Gasteiger partial charge in [0.25, 0.3) is 0 Å². The van der Waals surface area contributed by atoms with Crippen LogP contribution < -0.4 is 20.1 Å². The molecule has 1 aliphatic heterocycles. The van der Waals surface area contributed by atoms with Crippen molar-refractivity contribution < 1.29 is 14.2 Å². The van der Waals surface area contributed by atoms with Crippen molar-refractivity contribution in [3.8, 4) is 22.8 Å². The Hall–Kier alpha value is -3.77. The van der Waals surface area contributed by atoms with Crippen LogP contribution in [0.25, 0.3) is 11.3 Å². The molecule has 2 N–H and O–H groups in total. The number of aromatic nitrogens is 5. The number of anilines is 4. The van der Waals surface area contributed by atoms with E-state index >= 15 is 0 Å². The Kier molecular flexibility index (Phi) is 8.52. The minimum Gasteiger partial charge on any atom is -0.495 e. The van der Waals surface area contributed by atoms with Gasteiger partial charge in [-0.1, -0.05) is 23.2 Å². The van der Waals surface area contributed by atoms with Gasteiger partial charge in [-0.2, -0.15) is 0 Å².